The van der Waals surface area contributed by atoms with Crippen LogP contribution in [0.2, 0.25) is 0 Å². The molecule has 0 rings (SSSR count). The maximum absolute atomic E-state index is 9.97. The minimum absolute atomic E-state index is 0.120. The zero-order valence-electron chi connectivity index (χ0n) is 9.85. The molecular weight excluding hydrogens is 203 g/mol. The molecule has 5 heteroatoms. The third-order valence-electron chi connectivity index (χ3n) is 1.03. The summed E-state index contributed by atoms with van der Waals surface area (Å²) in [6.45, 7) is 11.0. The quantitative estimate of drug-likeness (QED) is 0.706. The smallest absolute Gasteiger partial charge is 0.168 e. The Morgan fingerprint density at radius 3 is 1.07 bits per heavy atom. The molecule has 0 fully saturated rings. The van der Waals surface area contributed by atoms with Crippen molar-refractivity contribution in [2.24, 2.45) is 0 Å². The van der Waals surface area contributed by atoms with Crippen LogP contribution >= 0.6 is 8.17 Å². The van der Waals surface area contributed by atoms with Gasteiger partial charge in [-0.25, -0.2) is 0 Å². The van der Waals surface area contributed by atoms with Crippen molar-refractivity contribution in [3.8, 4) is 0 Å². The highest BCUT2D eigenvalue weighted by atomic mass is 31.2. The summed E-state index contributed by atoms with van der Waals surface area (Å²) in [6, 6.07) is 0. The van der Waals surface area contributed by atoms with Crippen molar-refractivity contribution in [1.82, 2.24) is 0 Å². The molecule has 0 bridgehead atoms. The molecule has 0 heterocycles. The highest BCUT2D eigenvalue weighted by molar-refractivity contribution is 7.55. The SMILES string of the molecule is CC(C)O[P+](O)(OC(C)C)OC(C)C. The van der Waals surface area contributed by atoms with Crippen molar-refractivity contribution in [2.75, 3.05) is 0 Å². The van der Waals surface area contributed by atoms with E-state index in [-0.39, 0.29) is 18.3 Å². The summed E-state index contributed by atoms with van der Waals surface area (Å²) in [4.78, 5) is 9.97. The van der Waals surface area contributed by atoms with Gasteiger partial charge >= 0.3 is 8.17 Å². The predicted octanol–water partition coefficient (Wildman–Crippen LogP) is 2.93. The Kier molecular flexibility index (Phi) is 6.10. The third kappa shape index (κ3) is 6.68. The van der Waals surface area contributed by atoms with Crippen molar-refractivity contribution >= 4 is 8.17 Å². The van der Waals surface area contributed by atoms with Gasteiger partial charge in [0.25, 0.3) is 0 Å². The van der Waals surface area contributed by atoms with E-state index in [1.165, 1.54) is 0 Å². The summed E-state index contributed by atoms with van der Waals surface area (Å²) < 4.78 is 15.8. The lowest BCUT2D eigenvalue weighted by Gasteiger charge is -2.19. The molecule has 0 aromatic carbocycles. The molecule has 0 spiro atoms. The summed E-state index contributed by atoms with van der Waals surface area (Å²) in [5.74, 6) is 0. The third-order valence-corrected chi connectivity index (χ3v) is 3.10. The molecule has 86 valence electrons. The second-order valence-corrected chi connectivity index (χ2v) is 5.50. The van der Waals surface area contributed by atoms with E-state index in [0.29, 0.717) is 0 Å². The lowest BCUT2D eigenvalue weighted by molar-refractivity contribution is 0.0285. The molecule has 0 atom stereocenters. The van der Waals surface area contributed by atoms with Crippen LogP contribution in [0.15, 0.2) is 0 Å². The highest BCUT2D eigenvalue weighted by Crippen LogP contribution is 2.60. The first-order valence-electron chi connectivity index (χ1n) is 4.92. The van der Waals surface area contributed by atoms with Gasteiger partial charge in [0.15, 0.2) is 0 Å². The van der Waals surface area contributed by atoms with Gasteiger partial charge in [-0.05, 0) is 41.5 Å². The normalized spacial score (nSPS) is 13.3. The van der Waals surface area contributed by atoms with Crippen LogP contribution < -0.4 is 0 Å². The maximum atomic E-state index is 9.97. The minimum atomic E-state index is -3.14. The maximum Gasteiger partial charge on any atom is 0.573 e. The molecule has 1 N–H and O–H groups in total. The van der Waals surface area contributed by atoms with E-state index in [9.17, 15) is 4.89 Å². The summed E-state index contributed by atoms with van der Waals surface area (Å²) in [5, 5.41) is 0. The number of hydrogen-bond acceptors (Lipinski definition) is 4. The Bertz CT molecular complexity index is 132. The average molecular weight is 225 g/mol. The van der Waals surface area contributed by atoms with E-state index in [0.717, 1.165) is 0 Å². The number of hydrogen-bond donors (Lipinski definition) is 1. The molecular formula is C9H22O4P+. The second-order valence-electron chi connectivity index (χ2n) is 3.93. The van der Waals surface area contributed by atoms with Crippen molar-refractivity contribution in [2.45, 2.75) is 59.9 Å². The lowest BCUT2D eigenvalue weighted by atomic mass is 10.5. The minimum Gasteiger partial charge on any atom is -0.168 e. The van der Waals surface area contributed by atoms with Gasteiger partial charge in [-0.2, -0.15) is 18.5 Å². The topological polar surface area (TPSA) is 47.9 Å². The van der Waals surface area contributed by atoms with Gasteiger partial charge in [-0.3, -0.25) is 0 Å². The second kappa shape index (κ2) is 5.99. The van der Waals surface area contributed by atoms with Crippen LogP contribution in [-0.2, 0) is 13.6 Å². The van der Waals surface area contributed by atoms with Crippen molar-refractivity contribution in [3.63, 3.8) is 0 Å². The van der Waals surface area contributed by atoms with Gasteiger partial charge in [0.1, 0.15) is 18.3 Å². The fourth-order valence-electron chi connectivity index (χ4n) is 0.874. The molecule has 0 aromatic heterocycles. The summed E-state index contributed by atoms with van der Waals surface area (Å²) in [7, 11) is -3.14. The van der Waals surface area contributed by atoms with Gasteiger partial charge in [-0.15, -0.1) is 0 Å². The van der Waals surface area contributed by atoms with E-state index in [2.05, 4.69) is 0 Å². The van der Waals surface area contributed by atoms with E-state index in [1.807, 2.05) is 41.5 Å². The van der Waals surface area contributed by atoms with E-state index in [4.69, 9.17) is 13.6 Å². The molecule has 0 amide bonds. The fourth-order valence-corrected chi connectivity index (χ4v) is 2.62. The zero-order valence-corrected chi connectivity index (χ0v) is 10.7. The molecule has 0 radical (unpaired) electrons. The van der Waals surface area contributed by atoms with Crippen molar-refractivity contribution < 1.29 is 18.5 Å². The molecule has 0 aliphatic heterocycles. The van der Waals surface area contributed by atoms with Crippen LogP contribution in [0, 0.1) is 0 Å². The molecule has 14 heavy (non-hydrogen) atoms. The first-order chi connectivity index (χ1) is 6.25. The van der Waals surface area contributed by atoms with Crippen LogP contribution in [0.4, 0.5) is 0 Å². The van der Waals surface area contributed by atoms with E-state index < -0.39 is 8.17 Å². The molecule has 0 saturated carbocycles. The molecule has 0 aromatic rings. The molecule has 4 nitrogen and oxygen atoms in total. The lowest BCUT2D eigenvalue weighted by Crippen LogP contribution is -2.17. The number of rotatable bonds is 6. The van der Waals surface area contributed by atoms with Gasteiger partial charge in [0, 0.05) is 0 Å². The largest absolute Gasteiger partial charge is 0.573 e. The Balaban J connectivity index is 4.32. The summed E-state index contributed by atoms with van der Waals surface area (Å²) >= 11 is 0. The van der Waals surface area contributed by atoms with Crippen LogP contribution in [0.3, 0.4) is 0 Å². The Hall–Kier alpha value is 0.270. The van der Waals surface area contributed by atoms with Gasteiger partial charge in [0.2, 0.25) is 0 Å². The van der Waals surface area contributed by atoms with E-state index in [1.54, 1.807) is 0 Å². The predicted molar refractivity (Wildman–Crippen MR) is 57.8 cm³/mol. The summed E-state index contributed by atoms with van der Waals surface area (Å²) in [6.07, 6.45) is -0.359. The van der Waals surface area contributed by atoms with Gasteiger partial charge in [-0.1, -0.05) is 0 Å². The standard InChI is InChI=1S/C9H22O4P/c1-7(2)11-14(10,12-8(3)4)13-9(5)6/h7-10H,1-6H3/q+1. The van der Waals surface area contributed by atoms with Crippen molar-refractivity contribution in [1.29, 1.82) is 0 Å². The first-order valence-corrected chi connectivity index (χ1v) is 6.41. The van der Waals surface area contributed by atoms with Crippen LogP contribution in [0.1, 0.15) is 41.5 Å². The van der Waals surface area contributed by atoms with Crippen molar-refractivity contribution in [3.05, 3.63) is 0 Å². The molecule has 0 unspecified atom stereocenters. The van der Waals surface area contributed by atoms with Crippen LogP contribution in [-0.4, -0.2) is 23.2 Å². The van der Waals surface area contributed by atoms with Crippen LogP contribution in [0.25, 0.3) is 0 Å². The monoisotopic (exact) mass is 225 g/mol. The fraction of sp³-hybridized carbons (Fsp3) is 1.00. The first kappa shape index (κ1) is 14.3. The zero-order chi connectivity index (χ0) is 11.4. The van der Waals surface area contributed by atoms with Gasteiger partial charge in [0.05, 0.1) is 0 Å². The van der Waals surface area contributed by atoms with E-state index >= 15 is 0 Å². The highest BCUT2D eigenvalue weighted by Gasteiger charge is 2.47. The Morgan fingerprint density at radius 2 is 0.929 bits per heavy atom. The Morgan fingerprint density at radius 1 is 0.714 bits per heavy atom. The summed E-state index contributed by atoms with van der Waals surface area (Å²) in [5.41, 5.74) is 0. The Labute approximate surface area is 87.2 Å². The van der Waals surface area contributed by atoms with Crippen LogP contribution in [0.5, 0.6) is 0 Å². The molecule has 0 aliphatic rings. The van der Waals surface area contributed by atoms with Gasteiger partial charge < -0.3 is 0 Å². The average Bonchev–Trinajstić information content (AvgIpc) is 1.76. The molecule has 0 saturated heterocycles. The molecule has 0 aliphatic carbocycles.